The zero-order valence-corrected chi connectivity index (χ0v) is 58.8. The van der Waals surface area contributed by atoms with Gasteiger partial charge in [-0.15, -0.1) is 0 Å². The lowest BCUT2D eigenvalue weighted by molar-refractivity contribution is 0.0865. The topological polar surface area (TPSA) is 34.2 Å². The fourth-order valence-electron chi connectivity index (χ4n) is 20.6. The van der Waals surface area contributed by atoms with Crippen molar-refractivity contribution in [2.24, 2.45) is 41.4 Å². The van der Waals surface area contributed by atoms with Gasteiger partial charge in [0.1, 0.15) is 34.7 Å². The van der Waals surface area contributed by atoms with E-state index in [9.17, 15) is 0 Å². The molecule has 5 aromatic rings. The first kappa shape index (κ1) is 65.0. The highest BCUT2D eigenvalue weighted by Gasteiger charge is 2.60. The zero-order chi connectivity index (χ0) is 68.7. The summed E-state index contributed by atoms with van der Waals surface area (Å²) < 4.78 is 52.1. The predicted octanol–water partition coefficient (Wildman–Crippen LogP) is 24.1. The number of nitrogens with zero attached hydrogens (tertiary/aromatic N) is 2. The Hall–Kier alpha value is -9.30. The molecule has 101 heavy (non-hydrogen) atoms. The molecule has 0 spiro atoms. The lowest BCUT2D eigenvalue weighted by atomic mass is 9.52. The van der Waals surface area contributed by atoms with Gasteiger partial charge in [-0.25, -0.2) is 8.78 Å². The summed E-state index contributed by atoms with van der Waals surface area (Å²) in [5.41, 5.74) is 20.3. The largest absolute Gasteiger partial charge is 0.466 e. The van der Waals surface area contributed by atoms with Crippen molar-refractivity contribution in [1.29, 1.82) is 0 Å². The zero-order valence-electron chi connectivity index (χ0n) is 58.8. The number of anilines is 4. The molecule has 1 saturated heterocycles. The number of benzene rings is 5. The van der Waals surface area contributed by atoms with Crippen LogP contribution in [0.4, 0.5) is 31.5 Å². The van der Waals surface area contributed by atoms with Gasteiger partial charge in [0.15, 0.2) is 0 Å². The van der Waals surface area contributed by atoms with Gasteiger partial charge >= 0.3 is 0 Å². The number of hydrogen-bond acceptors (Lipinski definition) is 5. The molecular weight excluding hydrogens is 1240 g/mol. The first-order valence-electron chi connectivity index (χ1n) is 37.5. The molecule has 13 unspecified atom stereocenters. The number of hydrogen-bond donors (Lipinski definition) is 0. The Balaban J connectivity index is 0.803. The van der Waals surface area contributed by atoms with Crippen LogP contribution in [0.3, 0.4) is 0 Å². The molecule has 13 atom stereocenters. The van der Waals surface area contributed by atoms with E-state index in [1.54, 1.807) is 24.3 Å². The van der Waals surface area contributed by atoms with Crippen LogP contribution in [0.25, 0.3) is 6.08 Å². The maximum absolute atomic E-state index is 15.6. The highest BCUT2D eigenvalue weighted by atomic mass is 19.1. The summed E-state index contributed by atoms with van der Waals surface area (Å²) in [5.74, 6) is 5.12. The Morgan fingerprint density at radius 2 is 1.10 bits per heavy atom. The number of rotatable bonds is 16. The van der Waals surface area contributed by atoms with Gasteiger partial charge in [-0.2, -0.15) is 0 Å². The van der Waals surface area contributed by atoms with E-state index in [4.69, 9.17) is 14.2 Å². The summed E-state index contributed by atoms with van der Waals surface area (Å²) in [4.78, 5) is 4.88. The van der Waals surface area contributed by atoms with Crippen LogP contribution in [0.2, 0.25) is 0 Å². The third-order valence-corrected chi connectivity index (χ3v) is 25.1. The monoisotopic (exact) mass is 1330 g/mol. The third kappa shape index (κ3) is 11.2. The van der Waals surface area contributed by atoms with E-state index < -0.39 is 5.41 Å². The van der Waals surface area contributed by atoms with E-state index >= 15 is 8.78 Å². The van der Waals surface area contributed by atoms with Crippen molar-refractivity contribution in [1.82, 2.24) is 0 Å². The van der Waals surface area contributed by atoms with Gasteiger partial charge in [0, 0.05) is 87.9 Å². The lowest BCUT2D eigenvalue weighted by Crippen LogP contribution is -2.46. The van der Waals surface area contributed by atoms with Gasteiger partial charge in [0.25, 0.3) is 0 Å². The highest BCUT2D eigenvalue weighted by molar-refractivity contribution is 5.77. The molecule has 12 aliphatic rings. The lowest BCUT2D eigenvalue weighted by Gasteiger charge is -2.51. The molecule has 1 aliphatic heterocycles. The molecule has 17 rings (SSSR count). The van der Waals surface area contributed by atoms with Crippen molar-refractivity contribution < 1.29 is 23.0 Å². The SMILES string of the molecule is C=CC1=CC=C(OC2=CC=C(C3(C4=CC(C)CC=C4C)c4cc(N(C5=CC=CC6OC7C=CC=C(N(c8ccc(F)cc8)c8ccc9c(c8)C(C8=CC=C(Oc%10ccc(C=C)cc%10)CC8)(C8CC(C)=CCC8C)C8CCC=CC98)C7C56)c5ccc(F)cc5)ccc4C4C=CCCC43)CC2)CC1. The summed E-state index contributed by atoms with van der Waals surface area (Å²) in [5, 5.41) is 0. The molecular formula is C94H92F2N2O3. The van der Waals surface area contributed by atoms with Gasteiger partial charge in [-0.1, -0.05) is 171 Å². The van der Waals surface area contributed by atoms with Crippen molar-refractivity contribution in [3.63, 3.8) is 0 Å². The number of halogens is 2. The predicted molar refractivity (Wildman–Crippen MR) is 409 cm³/mol. The Kier molecular flexibility index (Phi) is 17.1. The standard InChI is InChI=1S/C94H92F2N2O3/c1-7-63-27-45-73(46-28-63)99-75-49-31-65(32-50-75)93(83-55-59(3)23-25-61(83)5)81-17-11-9-15-77(81)79-53-43-71(57-85(79)93)97(69-39-35-67(95)36-40-69)87-19-13-21-89-91(87)92-88(20-14-22-90(92)101-89)98(70-41-37-68(96)38-42-70)72-44-54-80-78-16-10-12-18-82(78)94(86(80)58-72,84-56-60(4)24-26-62(84)6)66-33-51-76(52-34-66)100-74-47-29-64(8-2)30-48-74/h7-10,13-16,19-23,26-29,31,33,35-47,49,51,53-54,56-58,60-61,77-78,81-83,89-92H,1-2,11-12,17-18,24-25,30,32,34,48,50,52,55H2,3-6H3. The van der Waals surface area contributed by atoms with Gasteiger partial charge in [-0.3, -0.25) is 0 Å². The van der Waals surface area contributed by atoms with Crippen molar-refractivity contribution in [3.8, 4) is 5.75 Å². The van der Waals surface area contributed by atoms with E-state index in [0.717, 1.165) is 146 Å². The second-order valence-electron chi connectivity index (χ2n) is 30.6. The second-order valence-corrected chi connectivity index (χ2v) is 30.6. The van der Waals surface area contributed by atoms with Crippen LogP contribution in [0, 0.1) is 53.1 Å². The molecule has 5 nitrogen and oxygen atoms in total. The molecule has 0 amide bonds. The van der Waals surface area contributed by atoms with Crippen molar-refractivity contribution in [2.45, 2.75) is 146 Å². The molecule has 1 heterocycles. The normalized spacial score (nSPS) is 30.3. The number of fused-ring (bicyclic) bond motifs is 9. The fraction of sp³-hybridized carbons (Fsp3) is 0.319. The smallest absolute Gasteiger partial charge is 0.126 e. The third-order valence-electron chi connectivity index (χ3n) is 25.1. The van der Waals surface area contributed by atoms with E-state index in [-0.39, 0.29) is 52.9 Å². The summed E-state index contributed by atoms with van der Waals surface area (Å²) in [6, 6.07) is 37.2. The van der Waals surface area contributed by atoms with Crippen molar-refractivity contribution in [2.75, 3.05) is 9.80 Å². The van der Waals surface area contributed by atoms with Gasteiger partial charge in [0.05, 0.1) is 12.2 Å². The quantitative estimate of drug-likeness (QED) is 0.0920. The van der Waals surface area contributed by atoms with Gasteiger partial charge < -0.3 is 24.0 Å². The van der Waals surface area contributed by atoms with E-state index in [0.29, 0.717) is 29.6 Å². The maximum atomic E-state index is 15.6. The number of ether oxygens (including phenoxy) is 3. The molecule has 0 saturated carbocycles. The minimum Gasteiger partial charge on any atom is -0.466 e. The average molecular weight is 1340 g/mol. The molecule has 0 aromatic heterocycles. The average Bonchev–Trinajstić information content (AvgIpc) is 1.55. The van der Waals surface area contributed by atoms with Crippen LogP contribution in [0.15, 0.2) is 306 Å². The highest BCUT2D eigenvalue weighted by Crippen LogP contribution is 2.68. The van der Waals surface area contributed by atoms with E-state index in [2.05, 4.69) is 215 Å². The molecule has 1 fully saturated rings. The van der Waals surface area contributed by atoms with Crippen LogP contribution in [-0.2, 0) is 20.3 Å². The molecule has 11 aliphatic carbocycles. The molecule has 0 radical (unpaired) electrons. The number of allylic oxidation sites excluding steroid dienone is 27. The Morgan fingerprint density at radius 1 is 0.535 bits per heavy atom. The molecule has 5 aromatic carbocycles. The molecule has 0 N–H and O–H groups in total. The summed E-state index contributed by atoms with van der Waals surface area (Å²) in [6.45, 7) is 17.6. The summed E-state index contributed by atoms with van der Waals surface area (Å²) >= 11 is 0. The van der Waals surface area contributed by atoms with Crippen molar-refractivity contribution >= 4 is 28.8 Å². The fourth-order valence-corrected chi connectivity index (χ4v) is 20.6. The van der Waals surface area contributed by atoms with Crippen LogP contribution < -0.4 is 14.5 Å². The Labute approximate surface area is 596 Å². The molecule has 0 bridgehead atoms. The van der Waals surface area contributed by atoms with E-state index in [1.807, 2.05) is 48.6 Å². The first-order chi connectivity index (χ1) is 49.4. The van der Waals surface area contributed by atoms with Crippen LogP contribution in [0.5, 0.6) is 5.75 Å². The Bertz CT molecular complexity index is 4680. The minimum atomic E-state index is -0.435. The van der Waals surface area contributed by atoms with Gasteiger partial charge in [-0.05, 0) is 262 Å². The minimum absolute atomic E-state index is 0.218. The van der Waals surface area contributed by atoms with E-state index in [1.165, 1.54) is 55.7 Å². The van der Waals surface area contributed by atoms with Crippen LogP contribution in [0.1, 0.15) is 151 Å². The summed E-state index contributed by atoms with van der Waals surface area (Å²) in [6.07, 6.45) is 60.3. The van der Waals surface area contributed by atoms with Gasteiger partial charge in [0.2, 0.25) is 0 Å². The molecule has 7 heteroatoms. The van der Waals surface area contributed by atoms with Crippen molar-refractivity contribution in [3.05, 3.63) is 345 Å². The Morgan fingerprint density at radius 3 is 1.69 bits per heavy atom. The van der Waals surface area contributed by atoms with Crippen LogP contribution in [-0.4, -0.2) is 12.2 Å². The first-order valence-corrected chi connectivity index (χ1v) is 37.5. The molecule has 510 valence electrons. The maximum Gasteiger partial charge on any atom is 0.126 e. The summed E-state index contributed by atoms with van der Waals surface area (Å²) in [7, 11) is 0. The second kappa shape index (κ2) is 26.6. The van der Waals surface area contributed by atoms with Crippen LogP contribution >= 0.6 is 0 Å².